The molecule has 0 bridgehead atoms. The fraction of sp³-hybridized carbons (Fsp3) is 0.333. The zero-order valence-corrected chi connectivity index (χ0v) is 12.9. The highest BCUT2D eigenvalue weighted by Crippen LogP contribution is 2.27. The number of halogens is 1. The Hall–Kier alpha value is -1.62. The lowest BCUT2D eigenvalue weighted by Gasteiger charge is -2.13. The van der Waals surface area contributed by atoms with Crippen LogP contribution in [0.1, 0.15) is 19.8 Å². The number of aliphatic carboxylic acids is 1. The summed E-state index contributed by atoms with van der Waals surface area (Å²) in [5.74, 6) is 0.380. The average Bonchev–Trinajstić information content (AvgIpc) is 2.43. The summed E-state index contributed by atoms with van der Waals surface area (Å²) >= 11 is 3.53. The van der Waals surface area contributed by atoms with E-state index in [0.717, 1.165) is 21.1 Å². The number of carboxylic acids is 1. The first kappa shape index (κ1) is 14.8. The number of hydrogen-bond acceptors (Lipinski definition) is 3. The van der Waals surface area contributed by atoms with Crippen molar-refractivity contribution in [2.24, 2.45) is 5.92 Å². The topological polar surface area (TPSA) is 62.2 Å². The van der Waals surface area contributed by atoms with Gasteiger partial charge in [-0.05, 0) is 24.5 Å². The molecule has 0 aliphatic carbocycles. The molecular weight excluding hydrogens is 320 g/mol. The van der Waals surface area contributed by atoms with Gasteiger partial charge >= 0.3 is 5.97 Å². The summed E-state index contributed by atoms with van der Waals surface area (Å²) in [6, 6.07) is 7.98. The van der Waals surface area contributed by atoms with E-state index in [-0.39, 0.29) is 12.3 Å². The van der Waals surface area contributed by atoms with Gasteiger partial charge in [-0.15, -0.1) is 0 Å². The molecule has 0 aliphatic rings. The van der Waals surface area contributed by atoms with E-state index >= 15 is 0 Å². The summed E-state index contributed by atoms with van der Waals surface area (Å²) < 4.78 is 1.04. The van der Waals surface area contributed by atoms with Gasteiger partial charge in [0.2, 0.25) is 0 Å². The number of hydrogen-bond donors (Lipinski definition) is 2. The van der Waals surface area contributed by atoms with E-state index in [9.17, 15) is 4.79 Å². The molecule has 2 aromatic rings. The van der Waals surface area contributed by atoms with Crippen molar-refractivity contribution < 1.29 is 9.90 Å². The minimum atomic E-state index is -0.746. The van der Waals surface area contributed by atoms with Crippen LogP contribution in [0.4, 0.5) is 5.82 Å². The van der Waals surface area contributed by atoms with Crippen molar-refractivity contribution in [3.05, 3.63) is 34.9 Å². The van der Waals surface area contributed by atoms with Gasteiger partial charge in [-0.2, -0.15) is 0 Å². The molecule has 1 unspecified atom stereocenters. The number of pyridine rings is 1. The Bertz CT molecular complexity index is 616. The van der Waals surface area contributed by atoms with Crippen LogP contribution in [0.5, 0.6) is 0 Å². The zero-order chi connectivity index (χ0) is 14.5. The lowest BCUT2D eigenvalue weighted by atomic mass is 10.1. The van der Waals surface area contributed by atoms with Crippen LogP contribution in [0.2, 0.25) is 0 Å². The molecule has 1 atom stereocenters. The van der Waals surface area contributed by atoms with Crippen molar-refractivity contribution in [3.63, 3.8) is 0 Å². The zero-order valence-electron chi connectivity index (χ0n) is 11.3. The Balaban J connectivity index is 2.07. The van der Waals surface area contributed by atoms with Gasteiger partial charge in [-0.1, -0.05) is 35.0 Å². The number of nitrogens with zero attached hydrogens (tertiary/aromatic N) is 1. The second kappa shape index (κ2) is 6.70. The first-order valence-electron chi connectivity index (χ1n) is 6.57. The molecule has 1 aromatic carbocycles. The highest BCUT2D eigenvalue weighted by molar-refractivity contribution is 9.10. The van der Waals surface area contributed by atoms with Crippen molar-refractivity contribution in [2.45, 2.75) is 19.8 Å². The quantitative estimate of drug-likeness (QED) is 0.839. The van der Waals surface area contributed by atoms with Crippen LogP contribution in [0.25, 0.3) is 10.8 Å². The molecule has 2 N–H and O–H groups in total. The SMILES string of the molecule is CC(CCC(=O)O)CNc1nccc2c(Br)cccc12. The maximum Gasteiger partial charge on any atom is 0.303 e. The van der Waals surface area contributed by atoms with Crippen molar-refractivity contribution in [2.75, 3.05) is 11.9 Å². The third-order valence-corrected chi connectivity index (χ3v) is 3.91. The molecule has 0 saturated heterocycles. The average molecular weight is 337 g/mol. The fourth-order valence-electron chi connectivity index (χ4n) is 2.05. The van der Waals surface area contributed by atoms with Gasteiger partial charge in [0.1, 0.15) is 5.82 Å². The smallest absolute Gasteiger partial charge is 0.303 e. The lowest BCUT2D eigenvalue weighted by Crippen LogP contribution is -2.13. The molecule has 0 fully saturated rings. The monoisotopic (exact) mass is 336 g/mol. The molecule has 20 heavy (non-hydrogen) atoms. The van der Waals surface area contributed by atoms with Gasteiger partial charge in [-0.3, -0.25) is 4.79 Å². The lowest BCUT2D eigenvalue weighted by molar-refractivity contribution is -0.137. The van der Waals surface area contributed by atoms with E-state index in [1.807, 2.05) is 31.2 Å². The van der Waals surface area contributed by atoms with Gasteiger partial charge in [0.05, 0.1) is 0 Å². The summed E-state index contributed by atoms with van der Waals surface area (Å²) in [6.45, 7) is 2.75. The van der Waals surface area contributed by atoms with E-state index in [0.29, 0.717) is 13.0 Å². The van der Waals surface area contributed by atoms with Crippen LogP contribution in [0.15, 0.2) is 34.9 Å². The molecule has 5 heteroatoms. The Morgan fingerprint density at radius 3 is 2.95 bits per heavy atom. The molecule has 4 nitrogen and oxygen atoms in total. The number of carboxylic acid groups (broad SMARTS) is 1. The van der Waals surface area contributed by atoms with Gasteiger partial charge < -0.3 is 10.4 Å². The van der Waals surface area contributed by atoms with Crippen molar-refractivity contribution in [1.82, 2.24) is 4.98 Å². The third-order valence-electron chi connectivity index (χ3n) is 3.22. The normalized spacial score (nSPS) is 12.3. The Labute approximate surface area is 126 Å². The maximum atomic E-state index is 10.6. The predicted octanol–water partition coefficient (Wildman–Crippen LogP) is 3.91. The molecule has 0 radical (unpaired) electrons. The largest absolute Gasteiger partial charge is 0.481 e. The Morgan fingerprint density at radius 2 is 2.20 bits per heavy atom. The molecule has 1 aromatic heterocycles. The molecule has 0 aliphatic heterocycles. The van der Waals surface area contributed by atoms with Gasteiger partial charge in [0.25, 0.3) is 0 Å². The summed E-state index contributed by atoms with van der Waals surface area (Å²) in [4.78, 5) is 14.9. The van der Waals surface area contributed by atoms with E-state index in [2.05, 4.69) is 26.2 Å². The first-order valence-corrected chi connectivity index (χ1v) is 7.36. The number of benzene rings is 1. The Morgan fingerprint density at radius 1 is 1.40 bits per heavy atom. The number of nitrogens with one attached hydrogen (secondary N) is 1. The fourth-order valence-corrected chi connectivity index (χ4v) is 2.55. The van der Waals surface area contributed by atoms with Crippen LogP contribution in [-0.4, -0.2) is 22.6 Å². The molecule has 1 heterocycles. The van der Waals surface area contributed by atoms with E-state index < -0.39 is 5.97 Å². The first-order chi connectivity index (χ1) is 9.58. The van der Waals surface area contributed by atoms with E-state index in [1.165, 1.54) is 0 Å². The minimum absolute atomic E-state index is 0.206. The molecule has 106 valence electrons. The van der Waals surface area contributed by atoms with Crippen molar-refractivity contribution in [1.29, 1.82) is 0 Å². The van der Waals surface area contributed by atoms with Crippen LogP contribution >= 0.6 is 15.9 Å². The van der Waals surface area contributed by atoms with Gasteiger partial charge in [-0.25, -0.2) is 4.98 Å². The molecule has 0 saturated carbocycles. The van der Waals surface area contributed by atoms with Crippen LogP contribution in [0, 0.1) is 5.92 Å². The minimum Gasteiger partial charge on any atom is -0.481 e. The molecule has 0 amide bonds. The number of carbonyl (C=O) groups is 1. The number of rotatable bonds is 6. The summed E-state index contributed by atoms with van der Waals surface area (Å²) in [6.07, 6.45) is 2.64. The highest BCUT2D eigenvalue weighted by atomic mass is 79.9. The molecule has 2 rings (SSSR count). The number of anilines is 1. The Kier molecular flexibility index (Phi) is 4.95. The van der Waals surface area contributed by atoms with E-state index in [4.69, 9.17) is 5.11 Å². The second-order valence-electron chi connectivity index (χ2n) is 4.91. The van der Waals surface area contributed by atoms with Crippen molar-refractivity contribution in [3.8, 4) is 0 Å². The van der Waals surface area contributed by atoms with Crippen molar-refractivity contribution >= 4 is 38.5 Å². The number of aromatic nitrogens is 1. The highest BCUT2D eigenvalue weighted by Gasteiger charge is 2.08. The standard InChI is InChI=1S/C15H17BrN2O2/c1-10(5-6-14(19)20)9-18-15-12-3-2-4-13(16)11(12)7-8-17-15/h2-4,7-8,10H,5-6,9H2,1H3,(H,17,18)(H,19,20). The summed E-state index contributed by atoms with van der Waals surface area (Å²) in [5.41, 5.74) is 0. The maximum absolute atomic E-state index is 10.6. The van der Waals surface area contributed by atoms with E-state index in [1.54, 1.807) is 6.20 Å². The molecular formula is C15H17BrN2O2. The van der Waals surface area contributed by atoms with Gasteiger partial charge in [0, 0.05) is 34.4 Å². The number of fused-ring (bicyclic) bond motifs is 1. The van der Waals surface area contributed by atoms with Gasteiger partial charge in [0.15, 0.2) is 0 Å². The molecule has 0 spiro atoms. The van der Waals surface area contributed by atoms with Crippen LogP contribution in [0.3, 0.4) is 0 Å². The van der Waals surface area contributed by atoms with Crippen LogP contribution < -0.4 is 5.32 Å². The third kappa shape index (κ3) is 3.70. The van der Waals surface area contributed by atoms with Crippen LogP contribution in [-0.2, 0) is 4.79 Å². The summed E-state index contributed by atoms with van der Waals surface area (Å²) in [7, 11) is 0. The second-order valence-corrected chi connectivity index (χ2v) is 5.77. The summed E-state index contributed by atoms with van der Waals surface area (Å²) in [5, 5.41) is 14.2. The predicted molar refractivity (Wildman–Crippen MR) is 84.0 cm³/mol.